The first-order valence-corrected chi connectivity index (χ1v) is 12.9. The first-order valence-electron chi connectivity index (χ1n) is 11.0. The van der Waals surface area contributed by atoms with Gasteiger partial charge in [-0.3, -0.25) is 14.5 Å². The second kappa shape index (κ2) is 12.4. The number of carboxylic acids is 1. The van der Waals surface area contributed by atoms with Gasteiger partial charge in [-0.15, -0.1) is 11.8 Å². The van der Waals surface area contributed by atoms with E-state index in [-0.39, 0.29) is 34.8 Å². The maximum atomic E-state index is 12.9. The van der Waals surface area contributed by atoms with Crippen molar-refractivity contribution in [2.75, 3.05) is 18.1 Å². The average Bonchev–Trinajstić information content (AvgIpc) is 3.28. The number of hydrogen-bond acceptors (Lipinski definition) is 12. The summed E-state index contributed by atoms with van der Waals surface area (Å²) in [6.07, 6.45) is 3.60. The van der Waals surface area contributed by atoms with Crippen LogP contribution in [0, 0.1) is 0 Å². The number of rotatable bonds is 8. The molecule has 0 spiro atoms. The summed E-state index contributed by atoms with van der Waals surface area (Å²) in [4.78, 5) is 57.1. The predicted molar refractivity (Wildman–Crippen MR) is 133 cm³/mol. The van der Waals surface area contributed by atoms with Crippen LogP contribution >= 0.6 is 23.3 Å². The highest BCUT2D eigenvalue weighted by Crippen LogP contribution is 2.40. The van der Waals surface area contributed by atoms with E-state index in [0.717, 1.165) is 16.4 Å². The van der Waals surface area contributed by atoms with Crippen molar-refractivity contribution < 1.29 is 33.7 Å². The zero-order valence-corrected chi connectivity index (χ0v) is 21.9. The van der Waals surface area contributed by atoms with Crippen LogP contribution in [-0.4, -0.2) is 67.3 Å². The van der Waals surface area contributed by atoms with E-state index >= 15 is 0 Å². The SMILES string of the molecule is CC(C)=O.CCO/N=C(\C(=O)NC1C(=O)N2C(C(=O)[O-])=C(C[n+]3ccccc3)CS[C@H]12)c1nsc(N)n1. The topological polar surface area (TPSA) is 184 Å². The Morgan fingerprint density at radius 1 is 1.30 bits per heavy atom. The molecule has 2 atom stereocenters. The minimum absolute atomic E-state index is 0.0270. The van der Waals surface area contributed by atoms with Crippen LogP contribution in [0.25, 0.3) is 0 Å². The van der Waals surface area contributed by atoms with E-state index in [0.29, 0.717) is 17.9 Å². The normalized spacial score (nSPS) is 18.7. The number of nitrogens with zero attached hydrogens (tertiary/aromatic N) is 5. The van der Waals surface area contributed by atoms with Crippen LogP contribution in [0.1, 0.15) is 26.6 Å². The molecule has 4 rings (SSSR count). The Labute approximate surface area is 220 Å². The van der Waals surface area contributed by atoms with Gasteiger partial charge in [-0.05, 0) is 20.8 Å². The number of oxime groups is 1. The molecule has 2 amide bonds. The molecule has 2 aromatic rings. The number of carbonyl (C=O) groups excluding carboxylic acids is 4. The number of ketones is 1. The smallest absolute Gasteiger partial charge is 0.278 e. The third-order valence-corrected chi connectivity index (χ3v) is 6.71. The Morgan fingerprint density at radius 2 is 1.97 bits per heavy atom. The van der Waals surface area contributed by atoms with E-state index in [2.05, 4.69) is 19.8 Å². The lowest BCUT2D eigenvalue weighted by Crippen LogP contribution is -2.71. The third kappa shape index (κ3) is 6.68. The maximum absolute atomic E-state index is 12.9. The van der Waals surface area contributed by atoms with Crippen LogP contribution in [0.4, 0.5) is 5.13 Å². The van der Waals surface area contributed by atoms with Crippen molar-refractivity contribution in [3.8, 4) is 0 Å². The molecular weight excluding hydrogens is 522 g/mol. The highest BCUT2D eigenvalue weighted by Gasteiger charge is 2.53. The number of nitrogen functional groups attached to an aromatic ring is 1. The van der Waals surface area contributed by atoms with Gasteiger partial charge in [0.05, 0.1) is 11.7 Å². The van der Waals surface area contributed by atoms with Crippen LogP contribution in [0.3, 0.4) is 0 Å². The van der Waals surface area contributed by atoms with Crippen LogP contribution in [0.2, 0.25) is 0 Å². The van der Waals surface area contributed by atoms with Gasteiger partial charge in [-0.1, -0.05) is 11.2 Å². The van der Waals surface area contributed by atoms with Crippen molar-refractivity contribution >= 4 is 57.7 Å². The molecule has 13 nitrogen and oxygen atoms in total. The molecule has 0 saturated carbocycles. The van der Waals surface area contributed by atoms with Gasteiger partial charge < -0.3 is 30.6 Å². The van der Waals surface area contributed by atoms with E-state index in [1.54, 1.807) is 19.3 Å². The Hall–Kier alpha value is -3.85. The molecule has 1 unspecified atom stereocenters. The van der Waals surface area contributed by atoms with Crippen molar-refractivity contribution in [2.45, 2.75) is 38.7 Å². The van der Waals surface area contributed by atoms with Crippen molar-refractivity contribution in [1.29, 1.82) is 0 Å². The van der Waals surface area contributed by atoms with Gasteiger partial charge in [0.1, 0.15) is 23.8 Å². The van der Waals surface area contributed by atoms with E-state index in [9.17, 15) is 24.3 Å². The number of aromatic nitrogens is 3. The monoisotopic (exact) mass is 547 g/mol. The number of hydrogen-bond donors (Lipinski definition) is 2. The van der Waals surface area contributed by atoms with E-state index in [4.69, 9.17) is 10.6 Å². The summed E-state index contributed by atoms with van der Waals surface area (Å²) < 4.78 is 5.78. The van der Waals surface area contributed by atoms with Crippen molar-refractivity contribution in [3.05, 3.63) is 47.7 Å². The Balaban J connectivity index is 0.000000886. The lowest BCUT2D eigenvalue weighted by Gasteiger charge is -2.50. The van der Waals surface area contributed by atoms with E-state index in [1.165, 1.54) is 25.6 Å². The van der Waals surface area contributed by atoms with Crippen LogP contribution in [-0.2, 0) is 30.6 Å². The number of carbonyl (C=O) groups is 4. The molecule has 4 heterocycles. The van der Waals surface area contributed by atoms with Gasteiger partial charge in [0.2, 0.25) is 11.5 Å². The number of β-lactam (4-membered cyclic amide) rings is 1. The summed E-state index contributed by atoms with van der Waals surface area (Å²) in [6, 6.07) is 4.54. The zero-order chi connectivity index (χ0) is 27.1. The third-order valence-electron chi connectivity index (χ3n) is 4.83. The van der Waals surface area contributed by atoms with Crippen LogP contribution in [0.15, 0.2) is 47.0 Å². The molecule has 2 aromatic heterocycles. The number of anilines is 1. The molecule has 2 aliphatic heterocycles. The fourth-order valence-corrected chi connectivity index (χ4v) is 5.18. The molecule has 1 saturated heterocycles. The minimum atomic E-state index is -1.44. The lowest BCUT2D eigenvalue weighted by molar-refractivity contribution is -0.689. The first kappa shape index (κ1) is 27.7. The summed E-state index contributed by atoms with van der Waals surface area (Å²) in [5.74, 6) is -2.23. The summed E-state index contributed by atoms with van der Waals surface area (Å²) in [5, 5.41) is 17.8. The number of fused-ring (bicyclic) bond motifs is 1. The lowest BCUT2D eigenvalue weighted by atomic mass is 10.0. The minimum Gasteiger partial charge on any atom is -0.543 e. The standard InChI is InChI=1S/C19H19N7O5S2.C3H6O/c1-2-31-23-11(14-22-19(20)33-24-14)15(27)21-12-16(28)26-13(18(29)30)10(9-32-17(12)26)8-25-6-4-3-5-7-25;1-3(2)4/h3-7,12,17H,2,8-9H2,1H3,(H3-,20,21,22,24,27,29,30);1-2H3/b23-11-;/t12?,17-;/m1./s1. The van der Waals surface area contributed by atoms with Crippen molar-refractivity contribution in [3.63, 3.8) is 0 Å². The number of carboxylic acid groups (broad SMARTS) is 1. The summed E-state index contributed by atoms with van der Waals surface area (Å²) in [6.45, 7) is 5.24. The molecular formula is C22H25N7O6S2. The number of aliphatic carboxylic acids is 1. The fourth-order valence-electron chi connectivity index (χ4n) is 3.41. The van der Waals surface area contributed by atoms with E-state index in [1.807, 2.05) is 22.8 Å². The quantitative estimate of drug-likeness (QED) is 0.177. The van der Waals surface area contributed by atoms with Gasteiger partial charge in [0.25, 0.3) is 11.8 Å². The molecule has 15 heteroatoms. The van der Waals surface area contributed by atoms with Crippen LogP contribution < -0.4 is 20.7 Å². The molecule has 0 radical (unpaired) electrons. The Morgan fingerprint density at radius 3 is 2.54 bits per heavy atom. The Bertz CT molecular complexity index is 1240. The number of Topliss-reactive ketones (excluding diaryl/α,β-unsaturated/α-hetero) is 1. The summed E-state index contributed by atoms with van der Waals surface area (Å²) >= 11 is 2.24. The second-order valence-corrected chi connectivity index (χ2v) is 9.76. The average molecular weight is 548 g/mol. The zero-order valence-electron chi connectivity index (χ0n) is 20.2. The van der Waals surface area contributed by atoms with Gasteiger partial charge in [0.15, 0.2) is 24.1 Å². The van der Waals surface area contributed by atoms with Gasteiger partial charge >= 0.3 is 0 Å². The van der Waals surface area contributed by atoms with Gasteiger partial charge in [-0.2, -0.15) is 9.36 Å². The second-order valence-electron chi connectivity index (χ2n) is 7.87. The summed E-state index contributed by atoms with van der Waals surface area (Å²) in [7, 11) is 0. The van der Waals surface area contributed by atoms with Crippen molar-refractivity contribution in [2.24, 2.45) is 5.16 Å². The molecule has 196 valence electrons. The largest absolute Gasteiger partial charge is 0.543 e. The van der Waals surface area contributed by atoms with Crippen LogP contribution in [0.5, 0.6) is 0 Å². The van der Waals surface area contributed by atoms with E-state index < -0.39 is 29.2 Å². The van der Waals surface area contributed by atoms with Gasteiger partial charge in [0, 0.05) is 35.0 Å². The number of pyridine rings is 1. The number of nitrogens with two attached hydrogens (primary N) is 1. The maximum Gasteiger partial charge on any atom is 0.278 e. The van der Waals surface area contributed by atoms with Gasteiger partial charge in [-0.25, -0.2) is 4.57 Å². The first-order chi connectivity index (χ1) is 17.6. The molecule has 37 heavy (non-hydrogen) atoms. The summed E-state index contributed by atoms with van der Waals surface area (Å²) in [5.41, 5.74) is 5.75. The fraction of sp³-hybridized carbons (Fsp3) is 0.364. The van der Waals surface area contributed by atoms with Crippen molar-refractivity contribution in [1.82, 2.24) is 19.6 Å². The molecule has 1 fully saturated rings. The molecule has 0 aromatic carbocycles. The number of nitrogens with one attached hydrogen (secondary N) is 1. The molecule has 0 bridgehead atoms. The molecule has 2 aliphatic rings. The molecule has 0 aliphatic carbocycles. The predicted octanol–water partition coefficient (Wildman–Crippen LogP) is -1.15. The Kier molecular flexibility index (Phi) is 9.30. The highest BCUT2D eigenvalue weighted by molar-refractivity contribution is 8.00. The number of amides is 2. The highest BCUT2D eigenvalue weighted by atomic mass is 32.2. The number of thioether (sulfide) groups is 1. The molecule has 3 N–H and O–H groups in total.